The first-order valence-corrected chi connectivity index (χ1v) is 16.1. The minimum absolute atomic E-state index is 1.15. The highest BCUT2D eigenvalue weighted by atomic mass is 15.1. The van der Waals surface area contributed by atoms with Crippen LogP contribution in [-0.4, -0.2) is 0 Å². The van der Waals surface area contributed by atoms with Gasteiger partial charge in [-0.1, -0.05) is 126 Å². The van der Waals surface area contributed by atoms with Crippen molar-refractivity contribution in [2.24, 2.45) is 0 Å². The lowest BCUT2D eigenvalue weighted by Crippen LogP contribution is -2.11. The number of hydrogen-bond acceptors (Lipinski definition) is 1. The molecule has 218 valence electrons. The third kappa shape index (κ3) is 4.02. The number of nitrogens with zero attached hydrogens (tertiary/aromatic N) is 1. The van der Waals surface area contributed by atoms with Gasteiger partial charge in [-0.25, -0.2) is 0 Å². The fourth-order valence-electron chi connectivity index (χ4n) is 7.64. The summed E-state index contributed by atoms with van der Waals surface area (Å²) in [6.45, 7) is 6.51. The SMILES string of the molecule is Cc1ccc(N(c2ccc(C)cc2)c2c3ccccc3c(-c3cc4cc(C)cc5ccc6cccc3c6c54)c3ccccc23)cc1. The molecule has 0 saturated heterocycles. The van der Waals surface area contributed by atoms with Crippen molar-refractivity contribution in [3.8, 4) is 11.1 Å². The predicted molar refractivity (Wildman–Crippen MR) is 199 cm³/mol. The third-order valence-electron chi connectivity index (χ3n) is 9.70. The van der Waals surface area contributed by atoms with Crippen LogP contribution < -0.4 is 4.90 Å². The van der Waals surface area contributed by atoms with Crippen LogP contribution in [0.1, 0.15) is 16.7 Å². The summed E-state index contributed by atoms with van der Waals surface area (Å²) < 4.78 is 0. The number of anilines is 3. The highest BCUT2D eigenvalue weighted by molar-refractivity contribution is 6.30. The molecule has 0 atom stereocenters. The quantitative estimate of drug-likeness (QED) is 0.146. The zero-order valence-corrected chi connectivity index (χ0v) is 26.3. The van der Waals surface area contributed by atoms with Crippen molar-refractivity contribution in [3.63, 3.8) is 0 Å². The number of hydrogen-bond donors (Lipinski definition) is 0. The smallest absolute Gasteiger partial charge is 0.0618 e. The zero-order chi connectivity index (χ0) is 30.9. The summed E-state index contributed by atoms with van der Waals surface area (Å²) in [5.74, 6) is 0. The van der Waals surface area contributed by atoms with Crippen molar-refractivity contribution in [1.82, 2.24) is 0 Å². The Morgan fingerprint density at radius 3 is 1.50 bits per heavy atom. The maximum atomic E-state index is 2.45. The summed E-state index contributed by atoms with van der Waals surface area (Å²) in [7, 11) is 0. The Bertz CT molecular complexity index is 2490. The summed E-state index contributed by atoms with van der Waals surface area (Å²) in [5.41, 5.74) is 9.87. The van der Waals surface area contributed by atoms with Gasteiger partial charge in [0.2, 0.25) is 0 Å². The molecule has 0 N–H and O–H groups in total. The molecule has 9 aromatic rings. The second-order valence-corrected chi connectivity index (χ2v) is 12.8. The minimum atomic E-state index is 1.15. The molecule has 0 aliphatic heterocycles. The van der Waals surface area contributed by atoms with E-state index in [1.807, 2.05) is 0 Å². The maximum Gasteiger partial charge on any atom is 0.0618 e. The lowest BCUT2D eigenvalue weighted by molar-refractivity contribution is 1.29. The first-order chi connectivity index (χ1) is 22.5. The van der Waals surface area contributed by atoms with Gasteiger partial charge in [0.05, 0.1) is 5.69 Å². The van der Waals surface area contributed by atoms with Gasteiger partial charge in [-0.2, -0.15) is 0 Å². The zero-order valence-electron chi connectivity index (χ0n) is 26.3. The summed E-state index contributed by atoms with van der Waals surface area (Å²) in [5, 5.41) is 12.9. The van der Waals surface area contributed by atoms with E-state index in [-0.39, 0.29) is 0 Å². The highest BCUT2D eigenvalue weighted by Gasteiger charge is 2.23. The van der Waals surface area contributed by atoms with Crippen LogP contribution >= 0.6 is 0 Å². The second-order valence-electron chi connectivity index (χ2n) is 12.8. The predicted octanol–water partition coefficient (Wildman–Crippen LogP) is 13.0. The normalized spacial score (nSPS) is 11.8. The van der Waals surface area contributed by atoms with Gasteiger partial charge < -0.3 is 4.90 Å². The van der Waals surface area contributed by atoms with Gasteiger partial charge in [-0.3, -0.25) is 0 Å². The van der Waals surface area contributed by atoms with Crippen LogP contribution in [0.5, 0.6) is 0 Å². The van der Waals surface area contributed by atoms with Gasteiger partial charge in [0.25, 0.3) is 0 Å². The molecule has 9 aromatic carbocycles. The molecule has 1 heteroatoms. The number of fused-ring (bicyclic) bond motifs is 2. The molecule has 0 spiro atoms. The Kier molecular flexibility index (Phi) is 5.92. The maximum absolute atomic E-state index is 2.45. The Hall–Kier alpha value is -5.66. The van der Waals surface area contributed by atoms with E-state index in [9.17, 15) is 0 Å². The molecular formula is C45H33N. The van der Waals surface area contributed by atoms with E-state index < -0.39 is 0 Å². The van der Waals surface area contributed by atoms with E-state index in [0.717, 1.165) is 11.4 Å². The average molecular weight is 588 g/mol. The molecule has 0 radical (unpaired) electrons. The van der Waals surface area contributed by atoms with Gasteiger partial charge in [-0.05, 0) is 111 Å². The van der Waals surface area contributed by atoms with Crippen LogP contribution in [0.4, 0.5) is 17.1 Å². The van der Waals surface area contributed by atoms with E-state index in [1.165, 1.54) is 87.4 Å². The molecule has 9 rings (SSSR count). The summed E-state index contributed by atoms with van der Waals surface area (Å²) in [4.78, 5) is 2.45. The number of aryl methyl sites for hydroxylation is 3. The minimum Gasteiger partial charge on any atom is -0.309 e. The Balaban J connectivity index is 1.45. The van der Waals surface area contributed by atoms with E-state index in [2.05, 4.69) is 171 Å². The third-order valence-corrected chi connectivity index (χ3v) is 9.70. The van der Waals surface area contributed by atoms with Crippen LogP contribution in [0, 0.1) is 20.8 Å². The molecule has 1 nitrogen and oxygen atoms in total. The van der Waals surface area contributed by atoms with Crippen molar-refractivity contribution >= 4 is 70.9 Å². The lowest BCUT2D eigenvalue weighted by Gasteiger charge is -2.30. The first kappa shape index (κ1) is 26.7. The summed E-state index contributed by atoms with van der Waals surface area (Å²) in [6.07, 6.45) is 0. The molecule has 0 saturated carbocycles. The lowest BCUT2D eigenvalue weighted by atomic mass is 9.84. The molecule has 0 heterocycles. The fraction of sp³-hybridized carbons (Fsp3) is 0.0667. The molecule has 0 unspecified atom stereocenters. The van der Waals surface area contributed by atoms with E-state index >= 15 is 0 Å². The summed E-state index contributed by atoms with van der Waals surface area (Å²) >= 11 is 0. The first-order valence-electron chi connectivity index (χ1n) is 16.1. The standard InChI is InChI=1S/C45H33N/c1-28-15-21-34(22-16-28)46(35-23-17-29(2)18-24-35)45-39-12-6-4-10-36(39)44(37-11-5-7-13-40(37)45)41-27-33-26-30(3)25-32-20-19-31-9-8-14-38(41)43(31)42(32)33/h4-27H,1-3H3. The fourth-order valence-corrected chi connectivity index (χ4v) is 7.64. The van der Waals surface area contributed by atoms with E-state index in [0.29, 0.717) is 0 Å². The van der Waals surface area contributed by atoms with Crippen LogP contribution in [0.25, 0.3) is 65.0 Å². The van der Waals surface area contributed by atoms with Crippen molar-refractivity contribution in [2.75, 3.05) is 4.90 Å². The second kappa shape index (κ2) is 10.2. The van der Waals surface area contributed by atoms with Crippen LogP contribution in [0.2, 0.25) is 0 Å². The van der Waals surface area contributed by atoms with Crippen LogP contribution in [0.15, 0.2) is 146 Å². The molecule has 0 bridgehead atoms. The van der Waals surface area contributed by atoms with Crippen molar-refractivity contribution in [2.45, 2.75) is 20.8 Å². The van der Waals surface area contributed by atoms with Gasteiger partial charge in [0.1, 0.15) is 0 Å². The number of benzene rings is 9. The highest BCUT2D eigenvalue weighted by Crippen LogP contribution is 2.50. The molecule has 0 aliphatic carbocycles. The Morgan fingerprint density at radius 1 is 0.370 bits per heavy atom. The van der Waals surface area contributed by atoms with Gasteiger partial charge in [0, 0.05) is 22.1 Å². The van der Waals surface area contributed by atoms with Crippen LogP contribution in [-0.2, 0) is 0 Å². The Morgan fingerprint density at radius 2 is 0.891 bits per heavy atom. The monoisotopic (exact) mass is 587 g/mol. The number of rotatable bonds is 4. The molecule has 0 fully saturated rings. The average Bonchev–Trinajstić information content (AvgIpc) is 3.08. The van der Waals surface area contributed by atoms with Crippen molar-refractivity contribution < 1.29 is 0 Å². The van der Waals surface area contributed by atoms with Gasteiger partial charge in [-0.15, -0.1) is 0 Å². The largest absolute Gasteiger partial charge is 0.309 e. The molecule has 46 heavy (non-hydrogen) atoms. The topological polar surface area (TPSA) is 3.24 Å². The van der Waals surface area contributed by atoms with Gasteiger partial charge in [0.15, 0.2) is 0 Å². The van der Waals surface area contributed by atoms with E-state index in [4.69, 9.17) is 0 Å². The van der Waals surface area contributed by atoms with Gasteiger partial charge >= 0.3 is 0 Å². The van der Waals surface area contributed by atoms with Crippen LogP contribution in [0.3, 0.4) is 0 Å². The van der Waals surface area contributed by atoms with Crippen molar-refractivity contribution in [3.05, 3.63) is 162 Å². The van der Waals surface area contributed by atoms with E-state index in [1.54, 1.807) is 0 Å². The molecule has 0 aromatic heterocycles. The van der Waals surface area contributed by atoms with Crippen molar-refractivity contribution in [1.29, 1.82) is 0 Å². The Labute approximate surface area is 269 Å². The summed E-state index contributed by atoms with van der Waals surface area (Å²) in [6, 6.07) is 54.3. The molecular weight excluding hydrogens is 555 g/mol. The molecule has 0 aliphatic rings. The molecule has 0 amide bonds.